The third-order valence-corrected chi connectivity index (χ3v) is 4.55. The summed E-state index contributed by atoms with van der Waals surface area (Å²) in [5.74, 6) is 2.32. The number of ether oxygens (including phenoxy) is 2. The van der Waals surface area contributed by atoms with Gasteiger partial charge in [-0.25, -0.2) is 4.98 Å². The second kappa shape index (κ2) is 9.21. The first kappa shape index (κ1) is 18.9. The predicted octanol–water partition coefficient (Wildman–Crippen LogP) is 2.38. The first-order chi connectivity index (χ1) is 13.2. The zero-order valence-corrected chi connectivity index (χ0v) is 15.9. The average Bonchev–Trinajstić information content (AvgIpc) is 2.71. The van der Waals surface area contributed by atoms with Gasteiger partial charge in [-0.05, 0) is 19.1 Å². The van der Waals surface area contributed by atoms with E-state index >= 15 is 0 Å². The molecular formula is C20H26N4O3. The minimum Gasteiger partial charge on any atom is -0.490 e. The minimum atomic E-state index is 0.0911. The SMILES string of the molecule is CCOc1ccccc1OC1CCN(C(=O)CN(C)c2cnccn2)CC1. The Kier molecular flexibility index (Phi) is 6.46. The quantitative estimate of drug-likeness (QED) is 0.745. The normalized spacial score (nSPS) is 14.7. The van der Waals surface area contributed by atoms with E-state index in [4.69, 9.17) is 9.47 Å². The molecule has 0 unspecified atom stereocenters. The number of likely N-dealkylation sites (tertiary alicyclic amines) is 1. The highest BCUT2D eigenvalue weighted by molar-refractivity contribution is 5.81. The molecule has 1 fully saturated rings. The summed E-state index contributed by atoms with van der Waals surface area (Å²) < 4.78 is 11.7. The van der Waals surface area contributed by atoms with Crippen LogP contribution < -0.4 is 14.4 Å². The van der Waals surface area contributed by atoms with E-state index in [9.17, 15) is 4.79 Å². The van der Waals surface area contributed by atoms with Crippen LogP contribution in [0.2, 0.25) is 0 Å². The van der Waals surface area contributed by atoms with E-state index in [1.165, 1.54) is 0 Å². The van der Waals surface area contributed by atoms with Gasteiger partial charge in [0, 0.05) is 45.4 Å². The monoisotopic (exact) mass is 370 g/mol. The highest BCUT2D eigenvalue weighted by Crippen LogP contribution is 2.29. The Morgan fingerprint density at radius 1 is 1.22 bits per heavy atom. The van der Waals surface area contributed by atoms with E-state index in [1.807, 2.05) is 48.0 Å². The first-order valence-electron chi connectivity index (χ1n) is 9.30. The van der Waals surface area contributed by atoms with Crippen molar-refractivity contribution in [2.45, 2.75) is 25.9 Å². The number of piperidine rings is 1. The van der Waals surface area contributed by atoms with Gasteiger partial charge in [-0.3, -0.25) is 9.78 Å². The van der Waals surface area contributed by atoms with E-state index in [2.05, 4.69) is 9.97 Å². The smallest absolute Gasteiger partial charge is 0.242 e. The standard InChI is InChI=1S/C20H26N4O3/c1-3-26-17-6-4-5-7-18(17)27-16-8-12-24(13-9-16)20(25)15-23(2)19-14-21-10-11-22-19/h4-7,10-11,14,16H,3,8-9,12-13,15H2,1-2H3. The molecule has 2 heterocycles. The molecule has 7 nitrogen and oxygen atoms in total. The molecule has 1 aromatic heterocycles. The zero-order valence-electron chi connectivity index (χ0n) is 15.9. The number of carbonyl (C=O) groups excluding carboxylic acids is 1. The molecule has 1 aromatic carbocycles. The number of hydrogen-bond acceptors (Lipinski definition) is 6. The van der Waals surface area contributed by atoms with Crippen molar-refractivity contribution in [1.82, 2.24) is 14.9 Å². The Balaban J connectivity index is 1.49. The van der Waals surface area contributed by atoms with Gasteiger partial charge in [-0.1, -0.05) is 12.1 Å². The summed E-state index contributed by atoms with van der Waals surface area (Å²) in [4.78, 5) is 24.5. The van der Waals surface area contributed by atoms with Crippen molar-refractivity contribution in [2.75, 3.05) is 38.2 Å². The molecule has 0 atom stereocenters. The molecule has 1 aliphatic rings. The maximum absolute atomic E-state index is 12.6. The van der Waals surface area contributed by atoms with Gasteiger partial charge in [0.05, 0.1) is 19.3 Å². The molecule has 1 saturated heterocycles. The van der Waals surface area contributed by atoms with Crippen LogP contribution in [0.15, 0.2) is 42.9 Å². The van der Waals surface area contributed by atoms with E-state index < -0.39 is 0 Å². The highest BCUT2D eigenvalue weighted by atomic mass is 16.5. The van der Waals surface area contributed by atoms with Crippen molar-refractivity contribution in [2.24, 2.45) is 0 Å². The van der Waals surface area contributed by atoms with Crippen LogP contribution in [0, 0.1) is 0 Å². The highest BCUT2D eigenvalue weighted by Gasteiger charge is 2.25. The fourth-order valence-electron chi connectivity index (χ4n) is 3.10. The zero-order chi connectivity index (χ0) is 19.1. The molecule has 1 amide bonds. The largest absolute Gasteiger partial charge is 0.490 e. The van der Waals surface area contributed by atoms with Crippen molar-refractivity contribution in [3.05, 3.63) is 42.9 Å². The summed E-state index contributed by atoms with van der Waals surface area (Å²) >= 11 is 0. The summed E-state index contributed by atoms with van der Waals surface area (Å²) in [6, 6.07) is 7.73. The van der Waals surface area contributed by atoms with Gasteiger partial charge in [-0.2, -0.15) is 0 Å². The van der Waals surface area contributed by atoms with Crippen LogP contribution in [0.25, 0.3) is 0 Å². The predicted molar refractivity (Wildman–Crippen MR) is 103 cm³/mol. The molecule has 144 valence electrons. The molecule has 0 spiro atoms. The summed E-state index contributed by atoms with van der Waals surface area (Å²) in [6.45, 7) is 4.23. The Morgan fingerprint density at radius 2 is 1.96 bits per heavy atom. The molecule has 0 aliphatic carbocycles. The van der Waals surface area contributed by atoms with Crippen molar-refractivity contribution >= 4 is 11.7 Å². The number of carbonyl (C=O) groups is 1. The molecule has 0 bridgehead atoms. The van der Waals surface area contributed by atoms with E-state index in [0.717, 1.165) is 24.3 Å². The molecule has 3 rings (SSSR count). The third-order valence-electron chi connectivity index (χ3n) is 4.55. The molecule has 27 heavy (non-hydrogen) atoms. The van der Waals surface area contributed by atoms with Gasteiger partial charge >= 0.3 is 0 Å². The number of benzene rings is 1. The van der Waals surface area contributed by atoms with Crippen LogP contribution in [0.4, 0.5) is 5.82 Å². The third kappa shape index (κ3) is 5.09. The number of aromatic nitrogens is 2. The van der Waals surface area contributed by atoms with Gasteiger partial charge < -0.3 is 19.3 Å². The van der Waals surface area contributed by atoms with E-state index in [-0.39, 0.29) is 18.6 Å². The maximum atomic E-state index is 12.6. The lowest BCUT2D eigenvalue weighted by molar-refractivity contribution is -0.131. The summed E-state index contributed by atoms with van der Waals surface area (Å²) in [6.07, 6.45) is 6.60. The van der Waals surface area contributed by atoms with Gasteiger partial charge in [0.25, 0.3) is 0 Å². The number of para-hydroxylation sites is 2. The van der Waals surface area contributed by atoms with Crippen molar-refractivity contribution < 1.29 is 14.3 Å². The molecule has 2 aromatic rings. The summed E-state index contributed by atoms with van der Waals surface area (Å²) in [5, 5.41) is 0. The molecule has 7 heteroatoms. The van der Waals surface area contributed by atoms with Gasteiger partial charge in [-0.15, -0.1) is 0 Å². The molecule has 1 aliphatic heterocycles. The van der Waals surface area contributed by atoms with Gasteiger partial charge in [0.1, 0.15) is 11.9 Å². The van der Waals surface area contributed by atoms with Crippen LogP contribution in [-0.2, 0) is 4.79 Å². The first-order valence-corrected chi connectivity index (χ1v) is 9.30. The van der Waals surface area contributed by atoms with E-state index in [1.54, 1.807) is 18.6 Å². The van der Waals surface area contributed by atoms with Crippen LogP contribution >= 0.6 is 0 Å². The lowest BCUT2D eigenvalue weighted by Crippen LogP contribution is -2.45. The number of hydrogen-bond donors (Lipinski definition) is 0. The van der Waals surface area contributed by atoms with E-state index in [0.29, 0.717) is 25.5 Å². The van der Waals surface area contributed by atoms with Crippen molar-refractivity contribution in [3.8, 4) is 11.5 Å². The Morgan fingerprint density at radius 3 is 2.63 bits per heavy atom. The second-order valence-corrected chi connectivity index (χ2v) is 6.50. The molecular weight excluding hydrogens is 344 g/mol. The van der Waals surface area contributed by atoms with Crippen LogP contribution in [-0.4, -0.2) is 60.2 Å². The number of anilines is 1. The Hall–Kier alpha value is -2.83. The minimum absolute atomic E-state index is 0.0911. The van der Waals surface area contributed by atoms with Crippen molar-refractivity contribution in [1.29, 1.82) is 0 Å². The summed E-state index contributed by atoms with van der Waals surface area (Å²) in [5.41, 5.74) is 0. The molecule has 0 N–H and O–H groups in total. The summed E-state index contributed by atoms with van der Waals surface area (Å²) in [7, 11) is 1.85. The number of rotatable bonds is 7. The molecule has 0 radical (unpaired) electrons. The lowest BCUT2D eigenvalue weighted by atomic mass is 10.1. The van der Waals surface area contributed by atoms with Crippen LogP contribution in [0.3, 0.4) is 0 Å². The number of nitrogens with zero attached hydrogens (tertiary/aromatic N) is 4. The van der Waals surface area contributed by atoms with Gasteiger partial charge in [0.2, 0.25) is 5.91 Å². The van der Waals surface area contributed by atoms with Crippen LogP contribution in [0.5, 0.6) is 11.5 Å². The number of amides is 1. The fraction of sp³-hybridized carbons (Fsp3) is 0.450. The maximum Gasteiger partial charge on any atom is 0.242 e. The topological polar surface area (TPSA) is 67.8 Å². The number of likely N-dealkylation sites (N-methyl/N-ethyl adjacent to an activating group) is 1. The average molecular weight is 370 g/mol. The Bertz CT molecular complexity index is 733. The molecule has 0 saturated carbocycles. The second-order valence-electron chi connectivity index (χ2n) is 6.50. The lowest BCUT2D eigenvalue weighted by Gasteiger charge is -2.33. The van der Waals surface area contributed by atoms with Crippen LogP contribution in [0.1, 0.15) is 19.8 Å². The van der Waals surface area contributed by atoms with Crippen molar-refractivity contribution in [3.63, 3.8) is 0 Å². The van der Waals surface area contributed by atoms with Gasteiger partial charge in [0.15, 0.2) is 11.5 Å². The fourth-order valence-corrected chi connectivity index (χ4v) is 3.10. The Labute approximate surface area is 159 Å².